The molecule has 0 saturated carbocycles. The molecule has 0 fully saturated rings. The van der Waals surface area contributed by atoms with Gasteiger partial charge in [-0.25, -0.2) is 0 Å². The Morgan fingerprint density at radius 1 is 1.15 bits per heavy atom. The molecule has 26 heavy (non-hydrogen) atoms. The average molecular weight is 406 g/mol. The fourth-order valence-electron chi connectivity index (χ4n) is 2.22. The monoisotopic (exact) mass is 405 g/mol. The summed E-state index contributed by atoms with van der Waals surface area (Å²) in [5, 5.41) is 5.94. The van der Waals surface area contributed by atoms with Crippen LogP contribution in [0.25, 0.3) is 0 Å². The van der Waals surface area contributed by atoms with Crippen LogP contribution >= 0.6 is 11.6 Å². The number of fused-ring (bicyclic) bond motifs is 1. The summed E-state index contributed by atoms with van der Waals surface area (Å²) < 4.78 is 68.1. The van der Waals surface area contributed by atoms with Crippen LogP contribution in [0.1, 0.15) is 5.56 Å². The number of hydrogen-bond donors (Lipinski definition) is 2. The molecule has 2 N–H and O–H groups in total. The second kappa shape index (κ2) is 6.69. The van der Waals surface area contributed by atoms with E-state index < -0.39 is 16.4 Å². The summed E-state index contributed by atoms with van der Waals surface area (Å²) in [6.07, 6.45) is -4.76. The second-order valence-electron chi connectivity index (χ2n) is 5.23. The lowest BCUT2D eigenvalue weighted by molar-refractivity contribution is -0.274. The van der Waals surface area contributed by atoms with Crippen LogP contribution in [0.2, 0.25) is 5.02 Å². The Balaban J connectivity index is 1.70. The van der Waals surface area contributed by atoms with Crippen LogP contribution in [-0.4, -0.2) is 20.7 Å². The van der Waals surface area contributed by atoms with Crippen LogP contribution in [0.15, 0.2) is 51.8 Å². The molecule has 0 aliphatic carbocycles. The lowest BCUT2D eigenvalue weighted by Crippen LogP contribution is -2.34. The number of ether oxygens (including phenoxy) is 1. The summed E-state index contributed by atoms with van der Waals surface area (Å²) in [5.41, 5.74) is 0.877. The summed E-state index contributed by atoms with van der Waals surface area (Å²) in [5.74, 6) is -0.365. The third-order valence-electron chi connectivity index (χ3n) is 3.30. The van der Waals surface area contributed by atoms with Gasteiger partial charge in [0.2, 0.25) is 5.96 Å². The van der Waals surface area contributed by atoms with Crippen molar-refractivity contribution in [3.05, 3.63) is 53.1 Å². The summed E-state index contributed by atoms with van der Waals surface area (Å²) in [4.78, 5) is 0.00102. The SMILES string of the molecule is O=S1(=O)N=C(NCc2ccc(OC(F)(F)F)cc2)Nc2cc(Cl)ccc21. The van der Waals surface area contributed by atoms with E-state index in [0.717, 1.165) is 12.1 Å². The van der Waals surface area contributed by atoms with E-state index in [1.54, 1.807) is 0 Å². The molecule has 0 aromatic heterocycles. The highest BCUT2D eigenvalue weighted by molar-refractivity contribution is 7.90. The number of anilines is 1. The third-order valence-corrected chi connectivity index (χ3v) is 4.87. The van der Waals surface area contributed by atoms with Crippen molar-refractivity contribution in [2.75, 3.05) is 5.32 Å². The zero-order valence-corrected chi connectivity index (χ0v) is 14.4. The van der Waals surface area contributed by atoms with Gasteiger partial charge in [0.15, 0.2) is 0 Å². The molecule has 0 radical (unpaired) electrons. The molecule has 0 bridgehead atoms. The second-order valence-corrected chi connectivity index (χ2v) is 7.23. The van der Waals surface area contributed by atoms with E-state index in [-0.39, 0.29) is 28.8 Å². The van der Waals surface area contributed by atoms with Crippen LogP contribution < -0.4 is 15.4 Å². The van der Waals surface area contributed by atoms with Gasteiger partial charge in [-0.15, -0.1) is 17.6 Å². The molecule has 1 heterocycles. The molecule has 0 amide bonds. The first-order chi connectivity index (χ1) is 12.1. The minimum atomic E-state index is -4.76. The van der Waals surface area contributed by atoms with Crippen molar-refractivity contribution < 1.29 is 26.3 Å². The largest absolute Gasteiger partial charge is 0.573 e. The van der Waals surface area contributed by atoms with Crippen molar-refractivity contribution in [3.63, 3.8) is 0 Å². The number of hydrogen-bond acceptors (Lipinski definition) is 5. The van der Waals surface area contributed by atoms with E-state index in [1.165, 1.54) is 30.3 Å². The number of alkyl halides is 3. The maximum absolute atomic E-state index is 12.1. The standard InChI is InChI=1S/C15H11ClF3N3O3S/c16-10-3-6-13-12(7-10)21-14(22-26(13,23)24)20-8-9-1-4-11(5-2-9)25-15(17,18)19/h1-7H,8H2,(H2,20,21,22). The fourth-order valence-corrected chi connectivity index (χ4v) is 3.46. The molecule has 1 aliphatic heterocycles. The minimum absolute atomic E-state index is 0.00102. The summed E-state index contributed by atoms with van der Waals surface area (Å²) in [6.45, 7) is 0.129. The zero-order chi connectivity index (χ0) is 18.9. The van der Waals surface area contributed by atoms with Gasteiger partial charge in [-0.2, -0.15) is 8.42 Å². The summed E-state index contributed by atoms with van der Waals surface area (Å²) >= 11 is 5.86. The Morgan fingerprint density at radius 3 is 2.50 bits per heavy atom. The fraction of sp³-hybridized carbons (Fsp3) is 0.133. The molecular formula is C15H11ClF3N3O3S. The van der Waals surface area contributed by atoms with Crippen molar-refractivity contribution in [1.29, 1.82) is 0 Å². The summed E-state index contributed by atoms with van der Waals surface area (Å²) in [7, 11) is -3.88. The van der Waals surface area contributed by atoms with E-state index in [0.29, 0.717) is 10.6 Å². The van der Waals surface area contributed by atoms with E-state index >= 15 is 0 Å². The van der Waals surface area contributed by atoms with Gasteiger partial charge in [0.1, 0.15) is 10.6 Å². The molecule has 0 spiro atoms. The number of benzene rings is 2. The highest BCUT2D eigenvalue weighted by atomic mass is 35.5. The van der Waals surface area contributed by atoms with Gasteiger partial charge in [-0.1, -0.05) is 23.7 Å². The first-order valence-corrected chi connectivity index (χ1v) is 8.94. The molecule has 0 saturated heterocycles. The lowest BCUT2D eigenvalue weighted by atomic mass is 10.2. The Labute approximate surface area is 151 Å². The number of guanidine groups is 1. The first-order valence-electron chi connectivity index (χ1n) is 7.12. The summed E-state index contributed by atoms with van der Waals surface area (Å²) in [6, 6.07) is 9.39. The van der Waals surface area contributed by atoms with E-state index in [9.17, 15) is 21.6 Å². The van der Waals surface area contributed by atoms with E-state index in [1.807, 2.05) is 0 Å². The molecule has 11 heteroatoms. The molecule has 2 aromatic carbocycles. The molecule has 0 unspecified atom stereocenters. The van der Waals surface area contributed by atoms with Gasteiger partial charge in [-0.05, 0) is 35.9 Å². The first kappa shape index (κ1) is 18.3. The number of halogens is 4. The molecule has 6 nitrogen and oxygen atoms in total. The van der Waals surface area contributed by atoms with Gasteiger partial charge in [0.25, 0.3) is 10.0 Å². The van der Waals surface area contributed by atoms with Crippen LogP contribution in [0, 0.1) is 0 Å². The van der Waals surface area contributed by atoms with Crippen molar-refractivity contribution in [2.45, 2.75) is 17.8 Å². The number of nitrogens with one attached hydrogen (secondary N) is 2. The Bertz CT molecular complexity index is 960. The topological polar surface area (TPSA) is 79.8 Å². The maximum Gasteiger partial charge on any atom is 0.573 e. The smallest absolute Gasteiger partial charge is 0.406 e. The predicted molar refractivity (Wildman–Crippen MR) is 89.7 cm³/mol. The van der Waals surface area contributed by atoms with Crippen molar-refractivity contribution in [2.24, 2.45) is 4.40 Å². The van der Waals surface area contributed by atoms with Gasteiger partial charge in [0.05, 0.1) is 5.69 Å². The highest BCUT2D eigenvalue weighted by Crippen LogP contribution is 2.29. The molecular weight excluding hydrogens is 395 g/mol. The Hall–Kier alpha value is -2.46. The quantitative estimate of drug-likeness (QED) is 0.817. The van der Waals surface area contributed by atoms with Crippen LogP contribution in [0.5, 0.6) is 5.75 Å². The molecule has 0 atom stereocenters. The highest BCUT2D eigenvalue weighted by Gasteiger charge is 2.31. The number of sulfonamides is 1. The molecule has 138 valence electrons. The van der Waals surface area contributed by atoms with Gasteiger partial charge in [-0.3, -0.25) is 0 Å². The molecule has 2 aromatic rings. The zero-order valence-electron chi connectivity index (χ0n) is 12.8. The van der Waals surface area contributed by atoms with E-state index in [2.05, 4.69) is 19.8 Å². The third kappa shape index (κ3) is 4.38. The normalized spacial score (nSPS) is 15.5. The van der Waals surface area contributed by atoms with Gasteiger partial charge >= 0.3 is 6.36 Å². The predicted octanol–water partition coefficient (Wildman–Crippen LogP) is 3.50. The molecule has 1 aliphatic rings. The minimum Gasteiger partial charge on any atom is -0.406 e. The Kier molecular flexibility index (Phi) is 4.72. The van der Waals surface area contributed by atoms with Gasteiger partial charge in [0, 0.05) is 11.6 Å². The van der Waals surface area contributed by atoms with Crippen LogP contribution in [0.3, 0.4) is 0 Å². The Morgan fingerprint density at radius 2 is 1.85 bits per heavy atom. The van der Waals surface area contributed by atoms with Crippen LogP contribution in [0.4, 0.5) is 18.9 Å². The maximum atomic E-state index is 12.1. The number of nitrogens with zero attached hydrogens (tertiary/aromatic N) is 1. The van der Waals surface area contributed by atoms with E-state index in [4.69, 9.17) is 11.6 Å². The van der Waals surface area contributed by atoms with Crippen LogP contribution in [-0.2, 0) is 16.6 Å². The van der Waals surface area contributed by atoms with Crippen molar-refractivity contribution >= 4 is 33.3 Å². The van der Waals surface area contributed by atoms with Crippen molar-refractivity contribution in [3.8, 4) is 5.75 Å². The average Bonchev–Trinajstić information content (AvgIpc) is 2.51. The van der Waals surface area contributed by atoms with Crippen molar-refractivity contribution in [1.82, 2.24) is 5.32 Å². The lowest BCUT2D eigenvalue weighted by Gasteiger charge is -2.19. The molecule has 3 rings (SSSR count). The number of rotatable bonds is 3. The van der Waals surface area contributed by atoms with Gasteiger partial charge < -0.3 is 15.4 Å².